The summed E-state index contributed by atoms with van der Waals surface area (Å²) in [4.78, 5) is 25.8. The van der Waals surface area contributed by atoms with E-state index in [0.29, 0.717) is 32.4 Å². The SMILES string of the molecule is N#CC1CN(S(=O)(=O)N2CCC[C@H](C(=O)N3CCCC3C(N)=O)C2)C1. The van der Waals surface area contributed by atoms with Gasteiger partial charge in [0.25, 0.3) is 10.2 Å². The van der Waals surface area contributed by atoms with Crippen molar-refractivity contribution >= 4 is 22.0 Å². The van der Waals surface area contributed by atoms with Gasteiger partial charge >= 0.3 is 0 Å². The second kappa shape index (κ2) is 6.90. The number of primary amides is 1. The Kier molecular flexibility index (Phi) is 4.99. The molecule has 0 saturated carbocycles. The van der Waals surface area contributed by atoms with Gasteiger partial charge in [-0.1, -0.05) is 0 Å². The lowest BCUT2D eigenvalue weighted by atomic mass is 9.97. The highest BCUT2D eigenvalue weighted by atomic mass is 32.2. The standard InChI is InChI=1S/C15H23N5O4S/c16-7-11-8-19(9-11)25(23,24)18-5-1-3-12(10-18)15(22)20-6-2-4-13(20)14(17)21/h11-13H,1-6,8-10H2,(H2,17,21)/t12-,13?/m0/s1. The van der Waals surface area contributed by atoms with Crippen LogP contribution in [-0.2, 0) is 19.8 Å². The zero-order chi connectivity index (χ0) is 18.2. The number of nitriles is 1. The lowest BCUT2D eigenvalue weighted by Gasteiger charge is -2.41. The molecule has 1 unspecified atom stereocenters. The fourth-order valence-electron chi connectivity index (χ4n) is 3.79. The van der Waals surface area contributed by atoms with Gasteiger partial charge in [-0.2, -0.15) is 22.3 Å². The van der Waals surface area contributed by atoms with E-state index in [9.17, 15) is 18.0 Å². The van der Waals surface area contributed by atoms with Gasteiger partial charge < -0.3 is 10.6 Å². The van der Waals surface area contributed by atoms with Crippen LogP contribution in [0.2, 0.25) is 0 Å². The Morgan fingerprint density at radius 2 is 1.72 bits per heavy atom. The van der Waals surface area contributed by atoms with E-state index in [2.05, 4.69) is 6.07 Å². The average molecular weight is 369 g/mol. The maximum atomic E-state index is 12.8. The van der Waals surface area contributed by atoms with Gasteiger partial charge in [-0.15, -0.1) is 0 Å². The molecule has 0 aromatic heterocycles. The molecule has 0 bridgehead atoms. The van der Waals surface area contributed by atoms with Crippen molar-refractivity contribution in [1.82, 2.24) is 13.5 Å². The van der Waals surface area contributed by atoms with Crippen molar-refractivity contribution in [3.8, 4) is 6.07 Å². The molecule has 0 aromatic rings. The molecule has 2 atom stereocenters. The summed E-state index contributed by atoms with van der Waals surface area (Å²) in [5, 5.41) is 8.81. The number of amides is 2. The van der Waals surface area contributed by atoms with Gasteiger partial charge in [-0.25, -0.2) is 0 Å². The molecule has 0 aromatic carbocycles. The molecule has 3 saturated heterocycles. The van der Waals surface area contributed by atoms with E-state index in [1.54, 1.807) is 0 Å². The molecule has 2 amide bonds. The van der Waals surface area contributed by atoms with Crippen LogP contribution in [0.1, 0.15) is 25.7 Å². The lowest BCUT2D eigenvalue weighted by Crippen LogP contribution is -2.57. The first-order valence-electron chi connectivity index (χ1n) is 8.59. The van der Waals surface area contributed by atoms with Crippen LogP contribution >= 0.6 is 0 Å². The largest absolute Gasteiger partial charge is 0.368 e. The molecule has 9 nitrogen and oxygen atoms in total. The molecule has 0 spiro atoms. The van der Waals surface area contributed by atoms with Gasteiger partial charge in [0.05, 0.1) is 17.9 Å². The van der Waals surface area contributed by atoms with E-state index in [1.165, 1.54) is 13.5 Å². The van der Waals surface area contributed by atoms with E-state index < -0.39 is 28.1 Å². The molecular formula is C15H23N5O4S. The summed E-state index contributed by atoms with van der Waals surface area (Å²) < 4.78 is 27.9. The molecule has 2 N–H and O–H groups in total. The highest BCUT2D eigenvalue weighted by molar-refractivity contribution is 7.86. The van der Waals surface area contributed by atoms with Crippen LogP contribution in [0.5, 0.6) is 0 Å². The number of nitrogens with zero attached hydrogens (tertiary/aromatic N) is 4. The van der Waals surface area contributed by atoms with Crippen molar-refractivity contribution in [3.05, 3.63) is 0 Å². The van der Waals surface area contributed by atoms with E-state index in [0.717, 1.165) is 6.42 Å². The topological polar surface area (TPSA) is 128 Å². The van der Waals surface area contributed by atoms with Crippen molar-refractivity contribution in [2.45, 2.75) is 31.7 Å². The normalized spacial score (nSPS) is 29.2. The Labute approximate surface area is 147 Å². The van der Waals surface area contributed by atoms with Crippen LogP contribution in [0.15, 0.2) is 0 Å². The Morgan fingerprint density at radius 1 is 1.04 bits per heavy atom. The van der Waals surface area contributed by atoms with Crippen LogP contribution in [0.3, 0.4) is 0 Å². The van der Waals surface area contributed by atoms with Crippen molar-refractivity contribution in [3.63, 3.8) is 0 Å². The maximum Gasteiger partial charge on any atom is 0.282 e. The summed E-state index contributed by atoms with van der Waals surface area (Å²) in [6.07, 6.45) is 2.50. The minimum atomic E-state index is -3.63. The predicted molar refractivity (Wildman–Crippen MR) is 87.8 cm³/mol. The lowest BCUT2D eigenvalue weighted by molar-refractivity contribution is -0.141. The van der Waals surface area contributed by atoms with E-state index in [1.807, 2.05) is 0 Å². The van der Waals surface area contributed by atoms with Gasteiger partial charge in [0.15, 0.2) is 0 Å². The molecule has 3 aliphatic rings. The fraction of sp³-hybridized carbons (Fsp3) is 0.800. The number of carbonyl (C=O) groups is 2. The second-order valence-electron chi connectivity index (χ2n) is 6.94. The highest BCUT2D eigenvalue weighted by Gasteiger charge is 2.43. The first-order chi connectivity index (χ1) is 11.8. The van der Waals surface area contributed by atoms with Gasteiger partial charge in [0, 0.05) is 32.7 Å². The first kappa shape index (κ1) is 18.1. The average Bonchev–Trinajstić information content (AvgIpc) is 3.03. The maximum absolute atomic E-state index is 12.8. The Balaban J connectivity index is 1.66. The number of carbonyl (C=O) groups excluding carboxylic acids is 2. The monoisotopic (exact) mass is 369 g/mol. The van der Waals surface area contributed by atoms with Crippen LogP contribution in [0, 0.1) is 23.2 Å². The number of hydrogen-bond acceptors (Lipinski definition) is 5. The molecule has 10 heteroatoms. The van der Waals surface area contributed by atoms with Crippen LogP contribution in [-0.4, -0.2) is 72.5 Å². The van der Waals surface area contributed by atoms with Crippen LogP contribution in [0.4, 0.5) is 0 Å². The first-order valence-corrected chi connectivity index (χ1v) is 9.99. The minimum absolute atomic E-state index is 0.122. The fourth-order valence-corrected chi connectivity index (χ4v) is 5.58. The van der Waals surface area contributed by atoms with Gasteiger partial charge in [-0.3, -0.25) is 9.59 Å². The predicted octanol–water partition coefficient (Wildman–Crippen LogP) is -1.13. The molecular weight excluding hydrogens is 346 g/mol. The third-order valence-corrected chi connectivity index (χ3v) is 7.22. The van der Waals surface area contributed by atoms with E-state index in [4.69, 9.17) is 11.0 Å². The van der Waals surface area contributed by atoms with Crippen molar-refractivity contribution in [1.29, 1.82) is 5.26 Å². The summed E-state index contributed by atoms with van der Waals surface area (Å²) in [6.45, 7) is 1.41. The third-order valence-electron chi connectivity index (χ3n) is 5.28. The quantitative estimate of drug-likeness (QED) is 0.671. The summed E-state index contributed by atoms with van der Waals surface area (Å²) in [6, 6.07) is 1.48. The molecule has 25 heavy (non-hydrogen) atoms. The number of likely N-dealkylation sites (tertiary alicyclic amines) is 1. The summed E-state index contributed by atoms with van der Waals surface area (Å²) in [5.41, 5.74) is 5.37. The van der Waals surface area contributed by atoms with E-state index >= 15 is 0 Å². The zero-order valence-corrected chi connectivity index (χ0v) is 14.8. The van der Waals surface area contributed by atoms with Crippen molar-refractivity contribution in [2.24, 2.45) is 17.6 Å². The minimum Gasteiger partial charge on any atom is -0.368 e. The van der Waals surface area contributed by atoms with Crippen molar-refractivity contribution in [2.75, 3.05) is 32.7 Å². The Morgan fingerprint density at radius 3 is 2.36 bits per heavy atom. The van der Waals surface area contributed by atoms with Crippen molar-refractivity contribution < 1.29 is 18.0 Å². The number of rotatable bonds is 4. The molecule has 138 valence electrons. The third kappa shape index (κ3) is 3.36. The molecule has 3 fully saturated rings. The van der Waals surface area contributed by atoms with E-state index in [-0.39, 0.29) is 31.5 Å². The number of nitrogens with two attached hydrogens (primary N) is 1. The number of hydrogen-bond donors (Lipinski definition) is 1. The second-order valence-corrected chi connectivity index (χ2v) is 8.87. The molecule has 0 radical (unpaired) electrons. The molecule has 0 aliphatic carbocycles. The zero-order valence-electron chi connectivity index (χ0n) is 14.0. The number of piperidine rings is 1. The van der Waals surface area contributed by atoms with Gasteiger partial charge in [0.2, 0.25) is 11.8 Å². The molecule has 3 heterocycles. The highest BCUT2D eigenvalue weighted by Crippen LogP contribution is 2.28. The van der Waals surface area contributed by atoms with Crippen LogP contribution in [0.25, 0.3) is 0 Å². The molecule has 3 aliphatic heterocycles. The summed E-state index contributed by atoms with van der Waals surface area (Å²) in [7, 11) is -3.63. The Hall–Kier alpha value is -1.70. The summed E-state index contributed by atoms with van der Waals surface area (Å²) >= 11 is 0. The van der Waals surface area contributed by atoms with Gasteiger partial charge in [-0.05, 0) is 25.7 Å². The molecule has 3 rings (SSSR count). The Bertz CT molecular complexity index is 697. The van der Waals surface area contributed by atoms with Gasteiger partial charge in [0.1, 0.15) is 6.04 Å². The van der Waals surface area contributed by atoms with Crippen LogP contribution < -0.4 is 5.73 Å². The summed E-state index contributed by atoms with van der Waals surface area (Å²) in [5.74, 6) is -1.39. The smallest absolute Gasteiger partial charge is 0.282 e.